The molecule has 96 valence electrons. The van der Waals surface area contributed by atoms with Gasteiger partial charge in [-0.2, -0.15) is 0 Å². The number of rotatable bonds is 4. The summed E-state index contributed by atoms with van der Waals surface area (Å²) in [5.74, 6) is -0.423. The number of hydrogen-bond donors (Lipinski definition) is 1. The first-order chi connectivity index (χ1) is 7.80. The van der Waals surface area contributed by atoms with Crippen LogP contribution in [0.4, 0.5) is 0 Å². The van der Waals surface area contributed by atoms with Crippen molar-refractivity contribution in [2.24, 2.45) is 5.41 Å². The van der Waals surface area contributed by atoms with E-state index in [0.29, 0.717) is 15.8 Å². The van der Waals surface area contributed by atoms with E-state index < -0.39 is 17.5 Å². The summed E-state index contributed by atoms with van der Waals surface area (Å²) in [7, 11) is 0. The minimum atomic E-state index is -0.996. The van der Waals surface area contributed by atoms with Crippen LogP contribution >= 0.6 is 38.9 Å². The number of esters is 1. The highest BCUT2D eigenvalue weighted by Crippen LogP contribution is 2.42. The second kappa shape index (κ2) is 5.69. The Hall–Kier alpha value is -0.100. The molecular formula is C11H14BrClO3S. The van der Waals surface area contributed by atoms with Crippen molar-refractivity contribution in [2.45, 2.75) is 26.9 Å². The van der Waals surface area contributed by atoms with E-state index in [1.54, 1.807) is 26.8 Å². The third-order valence-corrected chi connectivity index (χ3v) is 4.95. The van der Waals surface area contributed by atoms with Gasteiger partial charge in [-0.3, -0.25) is 4.79 Å². The fraction of sp³-hybridized carbons (Fsp3) is 0.545. The van der Waals surface area contributed by atoms with Crippen LogP contribution in [0, 0.1) is 5.41 Å². The molecule has 17 heavy (non-hydrogen) atoms. The zero-order valence-corrected chi connectivity index (χ0v) is 12.9. The van der Waals surface area contributed by atoms with Crippen molar-refractivity contribution >= 4 is 44.8 Å². The van der Waals surface area contributed by atoms with Crippen LogP contribution in [-0.2, 0) is 9.53 Å². The van der Waals surface area contributed by atoms with E-state index in [-0.39, 0.29) is 0 Å². The van der Waals surface area contributed by atoms with Gasteiger partial charge in [-0.25, -0.2) is 0 Å². The minimum Gasteiger partial charge on any atom is -0.465 e. The average molecular weight is 342 g/mol. The first-order valence-electron chi connectivity index (χ1n) is 5.10. The lowest BCUT2D eigenvalue weighted by Gasteiger charge is -2.27. The van der Waals surface area contributed by atoms with Gasteiger partial charge in [0.25, 0.3) is 0 Å². The summed E-state index contributed by atoms with van der Waals surface area (Å²) in [4.78, 5) is 12.4. The molecule has 1 rings (SSSR count). The summed E-state index contributed by atoms with van der Waals surface area (Å²) in [6, 6.07) is 1.72. The number of aliphatic hydroxyl groups excluding tert-OH is 1. The molecule has 1 aromatic heterocycles. The first-order valence-corrected chi connectivity index (χ1v) is 7.09. The van der Waals surface area contributed by atoms with Gasteiger partial charge in [0.15, 0.2) is 0 Å². The molecule has 0 bridgehead atoms. The molecule has 0 aromatic carbocycles. The number of thiophene rings is 1. The van der Waals surface area contributed by atoms with Crippen molar-refractivity contribution in [1.82, 2.24) is 0 Å². The number of aliphatic hydroxyl groups is 1. The molecule has 0 aliphatic heterocycles. The second-order valence-electron chi connectivity index (χ2n) is 4.12. The van der Waals surface area contributed by atoms with Crippen molar-refractivity contribution in [2.75, 3.05) is 6.61 Å². The number of carbonyl (C=O) groups excluding carboxylic acids is 1. The largest absolute Gasteiger partial charge is 0.465 e. The van der Waals surface area contributed by atoms with Crippen LogP contribution in [-0.4, -0.2) is 17.7 Å². The predicted octanol–water partition coefficient (Wildman–Crippen LogP) is 3.79. The molecule has 0 fully saturated rings. The molecule has 0 aliphatic rings. The standard InChI is InChI=1S/C11H14BrClO3S/c1-4-16-10(15)11(2,3)8(14)7-5-6(12)9(13)17-7/h5,8,14H,4H2,1-3H3. The Labute approximate surface area is 118 Å². The van der Waals surface area contributed by atoms with E-state index in [2.05, 4.69) is 15.9 Å². The van der Waals surface area contributed by atoms with E-state index in [9.17, 15) is 9.90 Å². The molecule has 0 saturated heterocycles. The van der Waals surface area contributed by atoms with Crippen LogP contribution in [0.5, 0.6) is 0 Å². The summed E-state index contributed by atoms with van der Waals surface area (Å²) < 4.78 is 6.22. The third kappa shape index (κ3) is 3.22. The van der Waals surface area contributed by atoms with E-state index >= 15 is 0 Å². The molecule has 0 aliphatic carbocycles. The van der Waals surface area contributed by atoms with Gasteiger partial charge in [-0.05, 0) is 42.8 Å². The Balaban J connectivity index is 2.95. The Bertz CT molecular complexity index is 397. The fourth-order valence-electron chi connectivity index (χ4n) is 1.28. The highest BCUT2D eigenvalue weighted by Gasteiger charge is 2.39. The lowest BCUT2D eigenvalue weighted by atomic mass is 9.86. The Morgan fingerprint density at radius 1 is 1.71 bits per heavy atom. The van der Waals surface area contributed by atoms with Crippen LogP contribution in [0.1, 0.15) is 31.8 Å². The lowest BCUT2D eigenvalue weighted by molar-refractivity contribution is -0.160. The molecule has 0 spiro atoms. The number of ether oxygens (including phenoxy) is 1. The van der Waals surface area contributed by atoms with Crippen LogP contribution in [0.25, 0.3) is 0 Å². The van der Waals surface area contributed by atoms with Crippen molar-refractivity contribution in [3.63, 3.8) is 0 Å². The van der Waals surface area contributed by atoms with Gasteiger partial charge in [0.2, 0.25) is 0 Å². The van der Waals surface area contributed by atoms with Gasteiger partial charge in [-0.1, -0.05) is 11.6 Å². The minimum absolute atomic E-state index is 0.296. The molecule has 0 saturated carbocycles. The molecule has 1 unspecified atom stereocenters. The topological polar surface area (TPSA) is 46.5 Å². The van der Waals surface area contributed by atoms with E-state index in [1.807, 2.05) is 0 Å². The fourth-order valence-corrected chi connectivity index (χ4v) is 3.19. The maximum atomic E-state index is 11.7. The molecule has 1 N–H and O–H groups in total. The average Bonchev–Trinajstić information content (AvgIpc) is 2.58. The highest BCUT2D eigenvalue weighted by molar-refractivity contribution is 9.10. The second-order valence-corrected chi connectivity index (χ2v) is 6.66. The maximum Gasteiger partial charge on any atom is 0.314 e. The molecule has 0 amide bonds. The Morgan fingerprint density at radius 3 is 2.71 bits per heavy atom. The SMILES string of the molecule is CCOC(=O)C(C)(C)C(O)c1cc(Br)c(Cl)s1. The van der Waals surface area contributed by atoms with Gasteiger partial charge in [-0.15, -0.1) is 11.3 Å². The van der Waals surface area contributed by atoms with Crippen LogP contribution in [0.2, 0.25) is 4.34 Å². The van der Waals surface area contributed by atoms with Crippen LogP contribution in [0.3, 0.4) is 0 Å². The number of hydrogen-bond acceptors (Lipinski definition) is 4. The van der Waals surface area contributed by atoms with Crippen molar-refractivity contribution in [1.29, 1.82) is 0 Å². The Morgan fingerprint density at radius 2 is 2.29 bits per heavy atom. The highest BCUT2D eigenvalue weighted by atomic mass is 79.9. The molecule has 6 heteroatoms. The molecular weight excluding hydrogens is 328 g/mol. The summed E-state index contributed by atoms with van der Waals surface area (Å²) in [6.45, 7) is 5.33. The van der Waals surface area contributed by atoms with Crippen LogP contribution < -0.4 is 0 Å². The summed E-state index contributed by atoms with van der Waals surface area (Å²) in [5.41, 5.74) is -0.996. The lowest BCUT2D eigenvalue weighted by Crippen LogP contribution is -2.32. The maximum absolute atomic E-state index is 11.7. The monoisotopic (exact) mass is 340 g/mol. The first kappa shape index (κ1) is 15.0. The van der Waals surface area contributed by atoms with Gasteiger partial charge >= 0.3 is 5.97 Å². The number of carbonyl (C=O) groups is 1. The zero-order chi connectivity index (χ0) is 13.2. The number of halogens is 2. The van der Waals surface area contributed by atoms with E-state index in [4.69, 9.17) is 16.3 Å². The van der Waals surface area contributed by atoms with Gasteiger partial charge < -0.3 is 9.84 Å². The van der Waals surface area contributed by atoms with Gasteiger partial charge in [0, 0.05) is 9.35 Å². The van der Waals surface area contributed by atoms with Gasteiger partial charge in [0.05, 0.1) is 12.0 Å². The predicted molar refractivity (Wildman–Crippen MR) is 72.4 cm³/mol. The summed E-state index contributed by atoms with van der Waals surface area (Å²) >= 11 is 10.4. The van der Waals surface area contributed by atoms with E-state index in [0.717, 1.165) is 4.47 Å². The quantitative estimate of drug-likeness (QED) is 0.848. The summed E-state index contributed by atoms with van der Waals surface area (Å²) in [5, 5.41) is 10.2. The molecule has 1 aromatic rings. The van der Waals surface area contributed by atoms with Crippen molar-refractivity contribution in [3.05, 3.63) is 19.8 Å². The summed E-state index contributed by atoms with van der Waals surface area (Å²) in [6.07, 6.45) is -0.935. The Kier molecular flexibility index (Phi) is 5.01. The van der Waals surface area contributed by atoms with Crippen LogP contribution in [0.15, 0.2) is 10.5 Å². The van der Waals surface area contributed by atoms with Crippen molar-refractivity contribution in [3.8, 4) is 0 Å². The molecule has 1 heterocycles. The third-order valence-electron chi connectivity index (χ3n) is 2.42. The normalized spacial score (nSPS) is 13.5. The smallest absolute Gasteiger partial charge is 0.314 e. The van der Waals surface area contributed by atoms with E-state index in [1.165, 1.54) is 11.3 Å². The molecule has 1 atom stereocenters. The van der Waals surface area contributed by atoms with Crippen molar-refractivity contribution < 1.29 is 14.6 Å². The zero-order valence-electron chi connectivity index (χ0n) is 9.79. The van der Waals surface area contributed by atoms with Gasteiger partial charge in [0.1, 0.15) is 10.4 Å². The molecule has 3 nitrogen and oxygen atoms in total. The molecule has 0 radical (unpaired) electrons.